The van der Waals surface area contributed by atoms with E-state index in [1.807, 2.05) is 48.0 Å². The molecule has 0 atom stereocenters. The third-order valence-corrected chi connectivity index (χ3v) is 8.25. The number of pyridine rings is 1. The number of nitrogens with zero attached hydrogens (tertiary/aromatic N) is 3. The predicted octanol–water partition coefficient (Wildman–Crippen LogP) is 5.29. The molecular weight excluding hydrogens is 562 g/mol. The van der Waals surface area contributed by atoms with Crippen LogP contribution in [0.2, 0.25) is 0 Å². The lowest BCUT2D eigenvalue weighted by molar-refractivity contribution is 0.415. The molecule has 0 amide bonds. The summed E-state index contributed by atoms with van der Waals surface area (Å²) in [6.07, 6.45) is 3.72. The van der Waals surface area contributed by atoms with Gasteiger partial charge in [0, 0.05) is 46.5 Å². The molecule has 0 saturated heterocycles. The van der Waals surface area contributed by atoms with E-state index in [9.17, 15) is 8.42 Å². The van der Waals surface area contributed by atoms with Gasteiger partial charge in [0.1, 0.15) is 11.6 Å². The maximum Gasteiger partial charge on any atom is 0.240 e. The number of imidazole rings is 1. The highest BCUT2D eigenvalue weighted by atomic mass is 79.9. The van der Waals surface area contributed by atoms with Crippen LogP contribution in [0.15, 0.2) is 87.8 Å². The van der Waals surface area contributed by atoms with Crippen LogP contribution in [0.3, 0.4) is 0 Å². The molecule has 5 aromatic rings. The highest BCUT2D eigenvalue weighted by Gasteiger charge is 2.18. The predicted molar refractivity (Wildman–Crippen MR) is 146 cm³/mol. The molecule has 5 rings (SSSR count). The van der Waals surface area contributed by atoms with Crippen molar-refractivity contribution in [2.45, 2.75) is 4.90 Å². The van der Waals surface area contributed by atoms with Crippen LogP contribution in [0.1, 0.15) is 0 Å². The van der Waals surface area contributed by atoms with E-state index in [1.165, 1.54) is 0 Å². The summed E-state index contributed by atoms with van der Waals surface area (Å²) in [4.78, 5) is 10.4. The number of thiazole rings is 1. The Morgan fingerprint density at radius 1 is 1.06 bits per heavy atom. The van der Waals surface area contributed by atoms with Crippen molar-refractivity contribution >= 4 is 48.1 Å². The highest BCUT2D eigenvalue weighted by Crippen LogP contribution is 2.36. The van der Waals surface area contributed by atoms with Gasteiger partial charge in [0.2, 0.25) is 10.0 Å². The number of ether oxygens (including phenoxy) is 1. The maximum atomic E-state index is 12.5. The molecule has 3 aromatic heterocycles. The molecule has 8 nitrogen and oxygen atoms in total. The van der Waals surface area contributed by atoms with Crippen LogP contribution in [0, 0.1) is 0 Å². The van der Waals surface area contributed by atoms with E-state index in [0.29, 0.717) is 12.4 Å². The Bertz CT molecular complexity index is 1610. The number of aromatic nitrogens is 3. The van der Waals surface area contributed by atoms with Gasteiger partial charge < -0.3 is 10.1 Å². The van der Waals surface area contributed by atoms with Crippen molar-refractivity contribution in [3.8, 4) is 28.3 Å². The van der Waals surface area contributed by atoms with Gasteiger partial charge in [0.05, 0.1) is 23.4 Å². The average molecular weight is 585 g/mol. The SMILES string of the molecule is COc1cccc(-c2nc3sccn3c2-c2ccnc(NCCNS(=O)(=O)c3ccc(Br)cc3)c2)c1. The van der Waals surface area contributed by atoms with Crippen LogP contribution in [0.25, 0.3) is 27.5 Å². The highest BCUT2D eigenvalue weighted by molar-refractivity contribution is 9.10. The van der Waals surface area contributed by atoms with Gasteiger partial charge in [-0.1, -0.05) is 28.1 Å². The van der Waals surface area contributed by atoms with E-state index < -0.39 is 10.0 Å². The van der Waals surface area contributed by atoms with Crippen molar-refractivity contribution < 1.29 is 13.2 Å². The second kappa shape index (κ2) is 10.4. The van der Waals surface area contributed by atoms with Crippen molar-refractivity contribution in [1.82, 2.24) is 19.1 Å². The third-order valence-electron chi connectivity index (χ3n) is 5.49. The molecule has 11 heteroatoms. The lowest BCUT2D eigenvalue weighted by Crippen LogP contribution is -2.29. The first-order valence-electron chi connectivity index (χ1n) is 11.0. The van der Waals surface area contributed by atoms with Crippen molar-refractivity contribution in [3.05, 3.63) is 82.9 Å². The van der Waals surface area contributed by atoms with Crippen molar-refractivity contribution in [2.75, 3.05) is 25.5 Å². The Hall–Kier alpha value is -3.25. The lowest BCUT2D eigenvalue weighted by atomic mass is 10.1. The van der Waals surface area contributed by atoms with Crippen LogP contribution < -0.4 is 14.8 Å². The summed E-state index contributed by atoms with van der Waals surface area (Å²) in [7, 11) is -1.94. The Morgan fingerprint density at radius 2 is 1.89 bits per heavy atom. The van der Waals surface area contributed by atoms with E-state index in [0.717, 1.165) is 37.7 Å². The fraction of sp³-hybridized carbons (Fsp3) is 0.120. The minimum atomic E-state index is -3.59. The minimum absolute atomic E-state index is 0.209. The van der Waals surface area contributed by atoms with E-state index >= 15 is 0 Å². The number of halogens is 1. The number of rotatable bonds is 9. The van der Waals surface area contributed by atoms with Gasteiger partial charge in [-0.2, -0.15) is 0 Å². The molecule has 0 unspecified atom stereocenters. The summed E-state index contributed by atoms with van der Waals surface area (Å²) >= 11 is 4.88. The quantitative estimate of drug-likeness (QED) is 0.229. The molecule has 3 heterocycles. The van der Waals surface area contributed by atoms with Crippen molar-refractivity contribution in [2.24, 2.45) is 0 Å². The topological polar surface area (TPSA) is 97.6 Å². The zero-order valence-electron chi connectivity index (χ0n) is 19.2. The summed E-state index contributed by atoms with van der Waals surface area (Å²) in [6.45, 7) is 0.579. The summed E-state index contributed by atoms with van der Waals surface area (Å²) in [5, 5.41) is 5.21. The molecule has 2 N–H and O–H groups in total. The molecule has 184 valence electrons. The Labute approximate surface area is 221 Å². The maximum absolute atomic E-state index is 12.5. The average Bonchev–Trinajstić information content (AvgIpc) is 3.49. The molecular formula is C25H22BrN5O3S2. The van der Waals surface area contributed by atoms with E-state index in [4.69, 9.17) is 9.72 Å². The summed E-state index contributed by atoms with van der Waals surface area (Å²) in [5.74, 6) is 1.40. The number of fused-ring (bicyclic) bond motifs is 1. The first kappa shape index (κ1) is 24.4. The van der Waals surface area contributed by atoms with Crippen molar-refractivity contribution in [3.63, 3.8) is 0 Å². The summed E-state index contributed by atoms with van der Waals surface area (Å²) in [6, 6.07) is 18.2. The second-order valence-electron chi connectivity index (χ2n) is 7.80. The Kier molecular flexibility index (Phi) is 7.06. The number of anilines is 1. The number of nitrogens with one attached hydrogen (secondary N) is 2. The number of sulfonamides is 1. The molecule has 0 aliphatic rings. The molecule has 0 aliphatic carbocycles. The van der Waals surface area contributed by atoms with Gasteiger partial charge in [-0.3, -0.25) is 4.40 Å². The lowest BCUT2D eigenvalue weighted by Gasteiger charge is -2.10. The standard InChI is InChI=1S/C25H22BrN5O3S2/c1-34-20-4-2-3-17(15-20)23-24(31-13-14-35-25(31)30-23)18-9-10-27-22(16-18)28-11-12-29-36(32,33)21-7-5-19(26)6-8-21/h2-10,13-16,29H,11-12H2,1H3,(H,27,28). The molecule has 0 spiro atoms. The Morgan fingerprint density at radius 3 is 2.69 bits per heavy atom. The zero-order valence-corrected chi connectivity index (χ0v) is 22.4. The smallest absolute Gasteiger partial charge is 0.240 e. The first-order chi connectivity index (χ1) is 17.4. The van der Waals surface area contributed by atoms with Crippen LogP contribution in [-0.4, -0.2) is 43.0 Å². The molecule has 0 bridgehead atoms. The van der Waals surface area contributed by atoms with Gasteiger partial charge in [-0.05, 0) is 48.5 Å². The number of benzene rings is 2. The fourth-order valence-electron chi connectivity index (χ4n) is 3.78. The first-order valence-corrected chi connectivity index (χ1v) is 14.2. The number of hydrogen-bond acceptors (Lipinski definition) is 7. The molecule has 0 fully saturated rings. The molecule has 0 saturated carbocycles. The van der Waals surface area contributed by atoms with Gasteiger partial charge in [-0.25, -0.2) is 23.1 Å². The van der Waals surface area contributed by atoms with Crippen LogP contribution in [0.4, 0.5) is 5.82 Å². The van der Waals surface area contributed by atoms with Gasteiger partial charge in [-0.15, -0.1) is 11.3 Å². The normalized spacial score (nSPS) is 11.6. The van der Waals surface area contributed by atoms with Crippen LogP contribution in [0.5, 0.6) is 5.75 Å². The van der Waals surface area contributed by atoms with Gasteiger partial charge >= 0.3 is 0 Å². The minimum Gasteiger partial charge on any atom is -0.497 e. The monoisotopic (exact) mass is 583 g/mol. The molecule has 0 aliphatic heterocycles. The van der Waals surface area contributed by atoms with E-state index in [2.05, 4.69) is 35.4 Å². The van der Waals surface area contributed by atoms with Crippen LogP contribution in [-0.2, 0) is 10.0 Å². The van der Waals surface area contributed by atoms with Crippen LogP contribution >= 0.6 is 27.3 Å². The number of hydrogen-bond donors (Lipinski definition) is 2. The van der Waals surface area contributed by atoms with E-state index in [-0.39, 0.29) is 11.4 Å². The summed E-state index contributed by atoms with van der Waals surface area (Å²) < 4.78 is 35.9. The molecule has 2 aromatic carbocycles. The van der Waals surface area contributed by atoms with Gasteiger partial charge in [0.15, 0.2) is 4.96 Å². The summed E-state index contributed by atoms with van der Waals surface area (Å²) in [5.41, 5.74) is 3.68. The molecule has 36 heavy (non-hydrogen) atoms. The van der Waals surface area contributed by atoms with Gasteiger partial charge in [0.25, 0.3) is 0 Å². The third kappa shape index (κ3) is 5.14. The largest absolute Gasteiger partial charge is 0.497 e. The fourth-order valence-corrected chi connectivity index (χ4v) is 5.79. The second-order valence-corrected chi connectivity index (χ2v) is 11.4. The van der Waals surface area contributed by atoms with Crippen molar-refractivity contribution in [1.29, 1.82) is 0 Å². The Balaban J connectivity index is 1.35. The molecule has 0 radical (unpaired) electrons. The van der Waals surface area contributed by atoms with E-state index in [1.54, 1.807) is 48.9 Å². The number of methoxy groups -OCH3 is 1. The zero-order chi connectivity index (χ0) is 25.1.